The number of benzene rings is 1. The normalized spacial score (nSPS) is 14.0. The molecule has 0 aliphatic carbocycles. The number of aryl methyl sites for hydroxylation is 1. The number of hydrogen-bond acceptors (Lipinski definition) is 4. The molecule has 1 aliphatic rings. The van der Waals surface area contributed by atoms with E-state index in [-0.39, 0.29) is 18.1 Å². The lowest BCUT2D eigenvalue weighted by atomic mass is 10.1. The Morgan fingerprint density at radius 2 is 1.92 bits per heavy atom. The van der Waals surface area contributed by atoms with Crippen molar-refractivity contribution in [3.8, 4) is 0 Å². The number of nitrogens with one attached hydrogen (secondary N) is 1. The molecule has 1 N–H and O–H groups in total. The molecule has 3 rings (SSSR count). The summed E-state index contributed by atoms with van der Waals surface area (Å²) in [4.78, 5) is 23.2. The molecule has 0 atom stereocenters. The molecule has 1 saturated heterocycles. The molecule has 0 spiro atoms. The van der Waals surface area contributed by atoms with Crippen molar-refractivity contribution in [2.75, 3.05) is 18.0 Å². The fourth-order valence-electron chi connectivity index (χ4n) is 2.83. The van der Waals surface area contributed by atoms with Crippen LogP contribution in [-0.4, -0.2) is 29.0 Å². The molecule has 2 heterocycles. The van der Waals surface area contributed by atoms with Gasteiger partial charge >= 0.3 is 0 Å². The van der Waals surface area contributed by atoms with Crippen LogP contribution in [-0.2, 0) is 17.8 Å². The number of hydrogen-bond donors (Lipinski definition) is 1. The van der Waals surface area contributed by atoms with Crippen LogP contribution in [0.2, 0.25) is 0 Å². The van der Waals surface area contributed by atoms with E-state index in [0.29, 0.717) is 12.4 Å². The van der Waals surface area contributed by atoms with Crippen LogP contribution in [0, 0.1) is 12.7 Å². The quantitative estimate of drug-likeness (QED) is 0.915. The van der Waals surface area contributed by atoms with Crippen LogP contribution in [0.1, 0.15) is 29.9 Å². The first-order valence-corrected chi connectivity index (χ1v) is 8.21. The van der Waals surface area contributed by atoms with Gasteiger partial charge in [0.05, 0.1) is 13.0 Å². The molecule has 126 valence electrons. The summed E-state index contributed by atoms with van der Waals surface area (Å²) in [5, 5.41) is 2.83. The van der Waals surface area contributed by atoms with Gasteiger partial charge in [0.2, 0.25) is 5.91 Å². The minimum absolute atomic E-state index is 0.130. The molecule has 6 heteroatoms. The maximum atomic E-state index is 12.9. The van der Waals surface area contributed by atoms with Gasteiger partial charge in [-0.2, -0.15) is 0 Å². The zero-order valence-electron chi connectivity index (χ0n) is 13.8. The zero-order chi connectivity index (χ0) is 16.9. The Morgan fingerprint density at radius 3 is 2.62 bits per heavy atom. The third-order valence-electron chi connectivity index (χ3n) is 4.04. The molecule has 0 radical (unpaired) electrons. The van der Waals surface area contributed by atoms with Gasteiger partial charge in [-0.25, -0.2) is 14.4 Å². The summed E-state index contributed by atoms with van der Waals surface area (Å²) in [5.74, 6) is 1.11. The molecule has 5 nitrogen and oxygen atoms in total. The predicted octanol–water partition coefficient (Wildman–Crippen LogP) is 2.38. The van der Waals surface area contributed by atoms with Crippen molar-refractivity contribution >= 4 is 11.7 Å². The largest absolute Gasteiger partial charge is 0.357 e. The van der Waals surface area contributed by atoms with Crippen LogP contribution in [0.25, 0.3) is 0 Å². The van der Waals surface area contributed by atoms with Crippen molar-refractivity contribution in [2.24, 2.45) is 0 Å². The number of halogens is 1. The molecule has 0 saturated carbocycles. The van der Waals surface area contributed by atoms with Crippen molar-refractivity contribution in [3.05, 3.63) is 53.2 Å². The molecule has 1 aromatic heterocycles. The average Bonchev–Trinajstić information content (AvgIpc) is 3.09. The lowest BCUT2D eigenvalue weighted by molar-refractivity contribution is -0.120. The monoisotopic (exact) mass is 328 g/mol. The third kappa shape index (κ3) is 4.28. The fraction of sp³-hybridized carbons (Fsp3) is 0.389. The Kier molecular flexibility index (Phi) is 5.03. The number of amides is 1. The van der Waals surface area contributed by atoms with Crippen molar-refractivity contribution in [1.29, 1.82) is 0 Å². The van der Waals surface area contributed by atoms with Crippen LogP contribution in [0.5, 0.6) is 0 Å². The van der Waals surface area contributed by atoms with Crippen LogP contribution in [0.4, 0.5) is 10.2 Å². The standard InChI is InChI=1S/C18H21FN4O/c1-13-10-17(23-8-2-3-9-23)22-16(21-13)12-20-18(24)11-14-4-6-15(19)7-5-14/h4-7,10H,2-3,8-9,11-12H2,1H3,(H,20,24). The first-order valence-electron chi connectivity index (χ1n) is 8.21. The van der Waals surface area contributed by atoms with E-state index in [1.807, 2.05) is 13.0 Å². The summed E-state index contributed by atoms with van der Waals surface area (Å²) >= 11 is 0. The average molecular weight is 328 g/mol. The van der Waals surface area contributed by atoms with E-state index < -0.39 is 0 Å². The number of carbonyl (C=O) groups is 1. The van der Waals surface area contributed by atoms with Gasteiger partial charge in [-0.1, -0.05) is 12.1 Å². The minimum atomic E-state index is -0.304. The van der Waals surface area contributed by atoms with Gasteiger partial charge in [-0.3, -0.25) is 4.79 Å². The molecule has 2 aromatic rings. The molecule has 0 bridgehead atoms. The summed E-state index contributed by atoms with van der Waals surface area (Å²) in [6, 6.07) is 7.92. The summed E-state index contributed by atoms with van der Waals surface area (Å²) < 4.78 is 12.9. The van der Waals surface area contributed by atoms with Gasteiger partial charge < -0.3 is 10.2 Å². The van der Waals surface area contributed by atoms with Gasteiger partial charge in [0, 0.05) is 24.8 Å². The maximum Gasteiger partial charge on any atom is 0.224 e. The predicted molar refractivity (Wildman–Crippen MR) is 90.2 cm³/mol. The lowest BCUT2D eigenvalue weighted by Crippen LogP contribution is -2.26. The Bertz CT molecular complexity index is 711. The Labute approximate surface area is 140 Å². The van der Waals surface area contributed by atoms with E-state index >= 15 is 0 Å². The van der Waals surface area contributed by atoms with E-state index in [4.69, 9.17) is 0 Å². The summed E-state index contributed by atoms with van der Waals surface area (Å²) in [5.41, 5.74) is 1.67. The van der Waals surface area contributed by atoms with E-state index in [1.165, 1.54) is 25.0 Å². The molecular weight excluding hydrogens is 307 g/mol. The van der Waals surface area contributed by atoms with Crippen LogP contribution < -0.4 is 10.2 Å². The Balaban J connectivity index is 1.59. The van der Waals surface area contributed by atoms with E-state index in [1.54, 1.807) is 12.1 Å². The molecular formula is C18H21FN4O. The molecule has 0 unspecified atom stereocenters. The number of rotatable bonds is 5. The smallest absolute Gasteiger partial charge is 0.224 e. The van der Waals surface area contributed by atoms with Crippen LogP contribution >= 0.6 is 0 Å². The highest BCUT2D eigenvalue weighted by molar-refractivity contribution is 5.78. The second-order valence-corrected chi connectivity index (χ2v) is 6.06. The highest BCUT2D eigenvalue weighted by Crippen LogP contribution is 2.18. The first-order chi connectivity index (χ1) is 11.6. The Morgan fingerprint density at radius 1 is 1.21 bits per heavy atom. The third-order valence-corrected chi connectivity index (χ3v) is 4.04. The van der Waals surface area contributed by atoms with Crippen molar-refractivity contribution in [1.82, 2.24) is 15.3 Å². The van der Waals surface area contributed by atoms with Crippen LogP contribution in [0.3, 0.4) is 0 Å². The lowest BCUT2D eigenvalue weighted by Gasteiger charge is -2.17. The summed E-state index contributed by atoms with van der Waals surface area (Å²) in [7, 11) is 0. The number of nitrogens with zero attached hydrogens (tertiary/aromatic N) is 3. The number of carbonyl (C=O) groups excluding carboxylic acids is 1. The zero-order valence-corrected chi connectivity index (χ0v) is 13.8. The fourth-order valence-corrected chi connectivity index (χ4v) is 2.83. The van der Waals surface area contributed by atoms with Gasteiger partial charge in [0.1, 0.15) is 17.5 Å². The van der Waals surface area contributed by atoms with Crippen molar-refractivity contribution < 1.29 is 9.18 Å². The second-order valence-electron chi connectivity index (χ2n) is 6.06. The van der Waals surface area contributed by atoms with E-state index in [0.717, 1.165) is 30.2 Å². The summed E-state index contributed by atoms with van der Waals surface area (Å²) in [6.45, 7) is 4.27. The van der Waals surface area contributed by atoms with E-state index in [2.05, 4.69) is 20.2 Å². The highest BCUT2D eigenvalue weighted by Gasteiger charge is 2.15. The van der Waals surface area contributed by atoms with Crippen molar-refractivity contribution in [3.63, 3.8) is 0 Å². The SMILES string of the molecule is Cc1cc(N2CCCC2)nc(CNC(=O)Cc2ccc(F)cc2)n1. The van der Waals surface area contributed by atoms with E-state index in [9.17, 15) is 9.18 Å². The number of aromatic nitrogens is 2. The Hall–Kier alpha value is -2.50. The topological polar surface area (TPSA) is 58.1 Å². The van der Waals surface area contributed by atoms with Crippen LogP contribution in [0.15, 0.2) is 30.3 Å². The maximum absolute atomic E-state index is 12.9. The summed E-state index contributed by atoms with van der Waals surface area (Å²) in [6.07, 6.45) is 2.59. The van der Waals surface area contributed by atoms with Gasteiger partial charge in [-0.05, 0) is 37.5 Å². The van der Waals surface area contributed by atoms with Gasteiger partial charge in [-0.15, -0.1) is 0 Å². The number of anilines is 1. The van der Waals surface area contributed by atoms with Gasteiger partial charge in [0.15, 0.2) is 0 Å². The first kappa shape index (κ1) is 16.4. The van der Waals surface area contributed by atoms with Crippen molar-refractivity contribution in [2.45, 2.75) is 32.7 Å². The molecule has 1 fully saturated rings. The molecule has 1 aromatic carbocycles. The molecule has 1 amide bonds. The van der Waals surface area contributed by atoms with Gasteiger partial charge in [0.25, 0.3) is 0 Å². The molecule has 24 heavy (non-hydrogen) atoms. The minimum Gasteiger partial charge on any atom is -0.357 e. The second kappa shape index (κ2) is 7.38. The highest BCUT2D eigenvalue weighted by atomic mass is 19.1. The molecule has 1 aliphatic heterocycles.